The van der Waals surface area contributed by atoms with Crippen molar-refractivity contribution in [3.05, 3.63) is 70.4 Å². The van der Waals surface area contributed by atoms with Crippen LogP contribution in [0.2, 0.25) is 10.0 Å². The fourth-order valence-electron chi connectivity index (χ4n) is 3.20. The average molecular weight is 461 g/mol. The molecule has 0 atom stereocenters. The molecule has 2 aromatic carbocycles. The van der Waals surface area contributed by atoms with Crippen molar-refractivity contribution in [1.82, 2.24) is 4.90 Å². The molecule has 0 aromatic heterocycles. The van der Waals surface area contributed by atoms with Gasteiger partial charge in [0.05, 0.1) is 23.8 Å². The number of benzene rings is 2. The summed E-state index contributed by atoms with van der Waals surface area (Å²) in [5.74, 6) is 0.179. The number of hydrogen-bond donors (Lipinski definition) is 1. The van der Waals surface area contributed by atoms with Crippen LogP contribution in [0.5, 0.6) is 11.5 Å². The Balaban J connectivity index is 2.08. The minimum Gasteiger partial charge on any atom is -0.490 e. The van der Waals surface area contributed by atoms with Crippen molar-refractivity contribution in [3.63, 3.8) is 0 Å². The highest BCUT2D eigenvalue weighted by Crippen LogP contribution is 2.37. The molecule has 0 aliphatic carbocycles. The lowest BCUT2D eigenvalue weighted by atomic mass is 10.0. The highest BCUT2D eigenvalue weighted by Gasteiger charge is 2.39. The molecule has 162 valence electrons. The first-order valence-corrected chi connectivity index (χ1v) is 10.5. The van der Waals surface area contributed by atoms with Gasteiger partial charge in [0.1, 0.15) is 5.70 Å². The lowest BCUT2D eigenvalue weighted by Gasteiger charge is -2.15. The number of amides is 2. The molecule has 31 heavy (non-hydrogen) atoms. The van der Waals surface area contributed by atoms with Crippen LogP contribution in [0.1, 0.15) is 19.4 Å². The van der Waals surface area contributed by atoms with E-state index in [9.17, 15) is 9.59 Å². The summed E-state index contributed by atoms with van der Waals surface area (Å²) in [6.07, 6.45) is 1.49. The number of nitrogens with zero attached hydrogens (tertiary/aromatic N) is 1. The Bertz CT molecular complexity index is 1070. The van der Waals surface area contributed by atoms with Crippen molar-refractivity contribution in [3.8, 4) is 11.5 Å². The van der Waals surface area contributed by atoms with Gasteiger partial charge in [-0.05, 0) is 38.1 Å². The highest BCUT2D eigenvalue weighted by molar-refractivity contribution is 6.41. The monoisotopic (exact) mass is 460 g/mol. The molecular formula is C23H22Cl2N2O4. The van der Waals surface area contributed by atoms with Gasteiger partial charge in [-0.1, -0.05) is 35.3 Å². The normalized spacial score (nSPS) is 13.6. The fraction of sp³-hybridized carbons (Fsp3) is 0.217. The quantitative estimate of drug-likeness (QED) is 0.412. The molecule has 0 unspecified atom stereocenters. The van der Waals surface area contributed by atoms with E-state index in [2.05, 4.69) is 11.9 Å². The summed E-state index contributed by atoms with van der Waals surface area (Å²) >= 11 is 12.4. The summed E-state index contributed by atoms with van der Waals surface area (Å²) in [7, 11) is 0. The zero-order valence-corrected chi connectivity index (χ0v) is 18.7. The average Bonchev–Trinajstić information content (AvgIpc) is 2.95. The zero-order valence-electron chi connectivity index (χ0n) is 17.2. The molecule has 0 spiro atoms. The summed E-state index contributed by atoms with van der Waals surface area (Å²) in [4.78, 5) is 27.2. The lowest BCUT2D eigenvalue weighted by molar-refractivity contribution is -0.136. The van der Waals surface area contributed by atoms with Gasteiger partial charge in [0, 0.05) is 28.9 Å². The Morgan fingerprint density at radius 1 is 1.00 bits per heavy atom. The van der Waals surface area contributed by atoms with Gasteiger partial charge in [0.2, 0.25) is 0 Å². The largest absolute Gasteiger partial charge is 0.490 e. The minimum absolute atomic E-state index is 0.0744. The molecule has 2 aromatic rings. The van der Waals surface area contributed by atoms with Gasteiger partial charge in [-0.25, -0.2) is 0 Å². The Kier molecular flexibility index (Phi) is 7.25. The van der Waals surface area contributed by atoms with E-state index in [1.165, 1.54) is 12.1 Å². The van der Waals surface area contributed by atoms with E-state index in [-0.39, 0.29) is 22.8 Å². The van der Waals surface area contributed by atoms with Crippen molar-refractivity contribution in [2.24, 2.45) is 0 Å². The van der Waals surface area contributed by atoms with Crippen LogP contribution in [-0.4, -0.2) is 36.5 Å². The molecule has 8 heteroatoms. The molecule has 6 nitrogen and oxygen atoms in total. The third-order valence-electron chi connectivity index (χ3n) is 4.49. The molecule has 2 amide bonds. The molecule has 0 saturated carbocycles. The van der Waals surface area contributed by atoms with Gasteiger partial charge in [-0.3, -0.25) is 14.5 Å². The van der Waals surface area contributed by atoms with Crippen LogP contribution in [0.15, 0.2) is 54.8 Å². The van der Waals surface area contributed by atoms with E-state index < -0.39 is 11.8 Å². The highest BCUT2D eigenvalue weighted by atomic mass is 35.5. The lowest BCUT2D eigenvalue weighted by Crippen LogP contribution is -2.32. The van der Waals surface area contributed by atoms with Crippen LogP contribution < -0.4 is 14.8 Å². The summed E-state index contributed by atoms with van der Waals surface area (Å²) in [5, 5.41) is 3.77. The van der Waals surface area contributed by atoms with Gasteiger partial charge in [-0.15, -0.1) is 6.58 Å². The van der Waals surface area contributed by atoms with Crippen molar-refractivity contribution < 1.29 is 19.1 Å². The van der Waals surface area contributed by atoms with E-state index in [1.807, 2.05) is 13.8 Å². The first-order chi connectivity index (χ1) is 14.9. The van der Waals surface area contributed by atoms with Crippen LogP contribution in [0, 0.1) is 0 Å². The third-order valence-corrected chi connectivity index (χ3v) is 5.04. The fourth-order valence-corrected chi connectivity index (χ4v) is 3.71. The zero-order chi connectivity index (χ0) is 22.5. The maximum atomic E-state index is 13.1. The van der Waals surface area contributed by atoms with Crippen LogP contribution >= 0.6 is 23.2 Å². The van der Waals surface area contributed by atoms with E-state index in [4.69, 9.17) is 32.7 Å². The van der Waals surface area contributed by atoms with E-state index >= 15 is 0 Å². The molecule has 0 saturated heterocycles. The van der Waals surface area contributed by atoms with Crippen molar-refractivity contribution >= 4 is 46.3 Å². The molecule has 3 rings (SSSR count). The maximum Gasteiger partial charge on any atom is 0.278 e. The van der Waals surface area contributed by atoms with Gasteiger partial charge < -0.3 is 14.8 Å². The smallest absolute Gasteiger partial charge is 0.278 e. The first kappa shape index (κ1) is 22.7. The van der Waals surface area contributed by atoms with Crippen molar-refractivity contribution in [2.75, 3.05) is 25.1 Å². The van der Waals surface area contributed by atoms with Crippen LogP contribution in [-0.2, 0) is 9.59 Å². The molecule has 0 fully saturated rings. The number of imide groups is 1. The summed E-state index contributed by atoms with van der Waals surface area (Å²) in [6, 6.07) is 9.97. The number of nitrogens with one attached hydrogen (secondary N) is 1. The molecular weight excluding hydrogens is 439 g/mol. The number of hydrogen-bond acceptors (Lipinski definition) is 5. The Labute approximate surface area is 191 Å². The second-order valence-corrected chi connectivity index (χ2v) is 7.38. The SMILES string of the molecule is C=CCN1C(=O)C(Nc2ccc(OCC)c(OCC)c2)=C(c2ccc(Cl)cc2Cl)C1=O. The number of halogens is 2. The van der Waals surface area contributed by atoms with Gasteiger partial charge in [0.15, 0.2) is 11.5 Å². The van der Waals surface area contributed by atoms with Gasteiger partial charge >= 0.3 is 0 Å². The van der Waals surface area contributed by atoms with Crippen molar-refractivity contribution in [1.29, 1.82) is 0 Å². The first-order valence-electron chi connectivity index (χ1n) is 9.74. The number of carbonyl (C=O) groups excluding carboxylic acids is 2. The second-order valence-electron chi connectivity index (χ2n) is 6.54. The standard InChI is InChI=1S/C23H22Cl2N2O4/c1-4-11-27-22(28)20(16-9-7-14(24)12-17(16)25)21(23(27)29)26-15-8-10-18(30-5-2)19(13-15)31-6-3/h4,7-10,12-13,26H,1,5-6,11H2,2-3H3. The predicted molar refractivity (Wildman–Crippen MR) is 123 cm³/mol. The van der Waals surface area contributed by atoms with E-state index in [1.54, 1.807) is 30.3 Å². The molecule has 1 aliphatic rings. The Morgan fingerprint density at radius 3 is 2.35 bits per heavy atom. The summed E-state index contributed by atoms with van der Waals surface area (Å²) in [5.41, 5.74) is 1.25. The van der Waals surface area contributed by atoms with E-state index in [0.717, 1.165) is 4.90 Å². The molecule has 0 bridgehead atoms. The third kappa shape index (κ3) is 4.70. The number of ether oxygens (including phenoxy) is 2. The Morgan fingerprint density at radius 2 is 1.71 bits per heavy atom. The van der Waals surface area contributed by atoms with Crippen LogP contribution in [0.25, 0.3) is 5.57 Å². The Hall–Kier alpha value is -2.96. The van der Waals surface area contributed by atoms with Crippen LogP contribution in [0.3, 0.4) is 0 Å². The predicted octanol–water partition coefficient (Wildman–Crippen LogP) is 5.17. The number of anilines is 1. The topological polar surface area (TPSA) is 67.9 Å². The van der Waals surface area contributed by atoms with Gasteiger partial charge in [0.25, 0.3) is 11.8 Å². The molecule has 0 radical (unpaired) electrons. The maximum absolute atomic E-state index is 13.1. The molecule has 1 heterocycles. The second kappa shape index (κ2) is 9.90. The number of carbonyl (C=O) groups is 2. The van der Waals surface area contributed by atoms with Crippen molar-refractivity contribution in [2.45, 2.75) is 13.8 Å². The summed E-state index contributed by atoms with van der Waals surface area (Å²) < 4.78 is 11.2. The van der Waals surface area contributed by atoms with Crippen LogP contribution in [0.4, 0.5) is 5.69 Å². The molecule has 1 aliphatic heterocycles. The number of rotatable bonds is 9. The van der Waals surface area contributed by atoms with E-state index in [0.29, 0.717) is 41.0 Å². The molecule has 1 N–H and O–H groups in total. The minimum atomic E-state index is -0.474. The van der Waals surface area contributed by atoms with Gasteiger partial charge in [-0.2, -0.15) is 0 Å². The summed E-state index contributed by atoms with van der Waals surface area (Å²) in [6.45, 7) is 8.38.